The highest BCUT2D eigenvalue weighted by Gasteiger charge is 2.34. The van der Waals surface area contributed by atoms with E-state index in [0.717, 1.165) is 39.6 Å². The van der Waals surface area contributed by atoms with Crippen molar-refractivity contribution in [2.45, 2.75) is 79.6 Å². The number of nitrogens with zero attached hydrogens (tertiary/aromatic N) is 2. The van der Waals surface area contributed by atoms with Gasteiger partial charge in [0.05, 0.1) is 40.2 Å². The summed E-state index contributed by atoms with van der Waals surface area (Å²) in [6.45, 7) is 15.8. The topological polar surface area (TPSA) is 118 Å². The molecule has 0 bridgehead atoms. The third-order valence-corrected chi connectivity index (χ3v) is 7.53. The predicted molar refractivity (Wildman–Crippen MR) is 195 cm³/mol. The molecule has 0 aliphatic carbocycles. The quantitative estimate of drug-likeness (QED) is 0.0765. The molecular weight excluding hydrogens is 634 g/mol. The van der Waals surface area contributed by atoms with Crippen molar-refractivity contribution in [2.75, 3.05) is 53.2 Å². The van der Waals surface area contributed by atoms with Crippen LogP contribution >= 0.6 is 11.9 Å². The number of fused-ring (bicyclic) bond motifs is 1. The molecule has 0 saturated heterocycles. The van der Waals surface area contributed by atoms with Crippen LogP contribution < -0.4 is 24.3 Å². The molecule has 3 aromatic rings. The van der Waals surface area contributed by atoms with Gasteiger partial charge in [0, 0.05) is 37.5 Å². The Labute approximate surface area is 291 Å². The molecule has 1 N–H and O–H groups in total. The van der Waals surface area contributed by atoms with Gasteiger partial charge in [-0.3, -0.25) is 4.98 Å². The maximum atomic E-state index is 12.0. The van der Waals surface area contributed by atoms with E-state index in [2.05, 4.69) is 16.4 Å². The predicted octanol–water partition coefficient (Wildman–Crippen LogP) is 8.16. The number of hydrogen-bond acceptors (Lipinski definition) is 11. The van der Waals surface area contributed by atoms with Crippen molar-refractivity contribution in [3.05, 3.63) is 47.8 Å². The molecule has 0 unspecified atom stereocenters. The van der Waals surface area contributed by atoms with Crippen LogP contribution in [-0.4, -0.2) is 80.8 Å². The van der Waals surface area contributed by atoms with Gasteiger partial charge in [-0.25, -0.2) is 9.10 Å². The minimum atomic E-state index is -0.829. The number of benzene rings is 2. The third-order valence-electron chi connectivity index (χ3n) is 6.58. The van der Waals surface area contributed by atoms with Crippen molar-refractivity contribution in [3.63, 3.8) is 0 Å². The van der Waals surface area contributed by atoms with Crippen LogP contribution in [0.1, 0.15) is 72.9 Å². The summed E-state index contributed by atoms with van der Waals surface area (Å²) in [5, 5.41) is 5.39. The van der Waals surface area contributed by atoms with Gasteiger partial charge < -0.3 is 38.5 Å². The Balaban J connectivity index is 0.000000501. The normalized spacial score (nSPS) is 10.9. The molecule has 0 radical (unpaired) electrons. The van der Waals surface area contributed by atoms with Gasteiger partial charge in [-0.15, -0.1) is 0 Å². The summed E-state index contributed by atoms with van der Waals surface area (Å²) in [4.78, 5) is 26.7. The first-order valence-corrected chi connectivity index (χ1v) is 17.1. The number of amides is 1. The van der Waals surface area contributed by atoms with E-state index < -0.39 is 17.4 Å². The van der Waals surface area contributed by atoms with Crippen LogP contribution in [0.3, 0.4) is 0 Å². The fourth-order valence-electron chi connectivity index (χ4n) is 4.65. The Kier molecular flexibility index (Phi) is 18.0. The first kappa shape index (κ1) is 42.1. The molecule has 268 valence electrons. The van der Waals surface area contributed by atoms with Crippen molar-refractivity contribution in [3.8, 4) is 23.0 Å². The molecule has 48 heavy (non-hydrogen) atoms. The zero-order valence-corrected chi connectivity index (χ0v) is 31.8. The van der Waals surface area contributed by atoms with Crippen molar-refractivity contribution >= 4 is 40.8 Å². The molecule has 12 heteroatoms. The molecule has 1 amide bonds. The Morgan fingerprint density at radius 1 is 0.958 bits per heavy atom. The maximum Gasteiger partial charge on any atom is 0.422 e. The number of carbonyl (C=O) groups excluding carboxylic acids is 2. The van der Waals surface area contributed by atoms with Gasteiger partial charge in [0.15, 0.2) is 17.2 Å². The molecule has 0 aliphatic heterocycles. The average Bonchev–Trinajstić information content (AvgIpc) is 3.05. The van der Waals surface area contributed by atoms with Crippen LogP contribution in [0.4, 0.5) is 10.5 Å². The van der Waals surface area contributed by atoms with E-state index in [1.807, 2.05) is 79.2 Å². The van der Waals surface area contributed by atoms with Gasteiger partial charge in [0.2, 0.25) is 5.75 Å². The SMILES string of the molecule is CC.CCOc1ccc2c(Cc3cc(OC)c(OC)c(OC)c3)cncc2c1NC.CSN(C(=O)OC(C)(C)C)C(C)(C)OCCC=O. The lowest BCUT2D eigenvalue weighted by atomic mass is 9.99. The lowest BCUT2D eigenvalue weighted by molar-refractivity contribution is -0.114. The first-order chi connectivity index (χ1) is 22.8. The Hall–Kier alpha value is -3.90. The maximum absolute atomic E-state index is 12.0. The number of aromatic nitrogens is 1. The van der Waals surface area contributed by atoms with Gasteiger partial charge in [-0.1, -0.05) is 19.9 Å². The zero-order chi connectivity index (χ0) is 36.5. The number of hydrogen-bond donors (Lipinski definition) is 1. The number of nitrogens with one attached hydrogen (secondary N) is 1. The van der Waals surface area contributed by atoms with Gasteiger partial charge in [0.25, 0.3) is 0 Å². The molecule has 3 rings (SSSR count). The standard InChI is InChI=1S/C22H26N2O4.C12H23NO4S.C2H6/c1-6-28-18-8-7-16-15(12-24-13-17(16)21(18)23-2)9-14-10-19(25-3)22(27-5)20(11-14)26-4;1-11(2,3)17-10(15)13(18-6)12(4,5)16-9-7-8-14;1-2/h7-8,10-13,23H,6,9H2,1-5H3;8H,7,9H2,1-6H3;1-2H3. The zero-order valence-electron chi connectivity index (χ0n) is 30.9. The summed E-state index contributed by atoms with van der Waals surface area (Å²) in [5.41, 5.74) is 1.71. The molecule has 2 aromatic carbocycles. The highest BCUT2D eigenvalue weighted by molar-refractivity contribution is 7.96. The van der Waals surface area contributed by atoms with Gasteiger partial charge in [-0.05, 0) is 94.6 Å². The largest absolute Gasteiger partial charge is 0.493 e. The molecule has 0 atom stereocenters. The van der Waals surface area contributed by atoms with Crippen LogP contribution in [0.25, 0.3) is 10.8 Å². The summed E-state index contributed by atoms with van der Waals surface area (Å²) in [6, 6.07) is 8.01. The van der Waals surface area contributed by atoms with Crippen molar-refractivity contribution in [2.24, 2.45) is 0 Å². The number of carbonyl (C=O) groups is 2. The number of aldehydes is 1. The summed E-state index contributed by atoms with van der Waals surface area (Å²) in [7, 11) is 6.73. The number of rotatable bonds is 14. The van der Waals surface area contributed by atoms with E-state index >= 15 is 0 Å². The monoisotopic (exact) mass is 689 g/mol. The fraction of sp³-hybridized carbons (Fsp3) is 0.528. The van der Waals surface area contributed by atoms with Gasteiger partial charge in [-0.2, -0.15) is 0 Å². The minimum Gasteiger partial charge on any atom is -0.493 e. The smallest absolute Gasteiger partial charge is 0.422 e. The number of ether oxygens (including phenoxy) is 6. The highest BCUT2D eigenvalue weighted by atomic mass is 32.2. The Morgan fingerprint density at radius 2 is 1.58 bits per heavy atom. The third kappa shape index (κ3) is 12.0. The van der Waals surface area contributed by atoms with Crippen LogP contribution in [-0.2, 0) is 20.7 Å². The van der Waals surface area contributed by atoms with E-state index in [-0.39, 0.29) is 6.61 Å². The summed E-state index contributed by atoms with van der Waals surface area (Å²) in [5.74, 6) is 2.69. The molecule has 11 nitrogen and oxygen atoms in total. The van der Waals surface area contributed by atoms with E-state index in [9.17, 15) is 9.59 Å². The van der Waals surface area contributed by atoms with Crippen molar-refractivity contribution in [1.82, 2.24) is 9.29 Å². The van der Waals surface area contributed by atoms with Crippen LogP contribution in [0.2, 0.25) is 0 Å². The van der Waals surface area contributed by atoms with Gasteiger partial charge >= 0.3 is 6.09 Å². The second kappa shape index (κ2) is 20.5. The second-order valence-corrected chi connectivity index (χ2v) is 12.2. The molecule has 1 heterocycles. The molecule has 0 fully saturated rings. The lowest BCUT2D eigenvalue weighted by Crippen LogP contribution is -2.47. The van der Waals surface area contributed by atoms with E-state index in [1.54, 1.807) is 41.4 Å². The number of methoxy groups -OCH3 is 3. The highest BCUT2D eigenvalue weighted by Crippen LogP contribution is 2.40. The molecular formula is C36H55N3O8S. The van der Waals surface area contributed by atoms with Crippen LogP contribution in [0, 0.1) is 0 Å². The van der Waals surface area contributed by atoms with E-state index in [4.69, 9.17) is 28.4 Å². The van der Waals surface area contributed by atoms with Gasteiger partial charge in [0.1, 0.15) is 17.6 Å². The fourth-order valence-corrected chi connectivity index (χ4v) is 5.33. The minimum absolute atomic E-state index is 0.274. The number of pyridine rings is 1. The van der Waals surface area contributed by atoms with Crippen molar-refractivity contribution in [1.29, 1.82) is 0 Å². The lowest BCUT2D eigenvalue weighted by Gasteiger charge is -2.36. The van der Waals surface area contributed by atoms with Crippen molar-refractivity contribution < 1.29 is 38.0 Å². The molecule has 0 saturated carbocycles. The van der Waals surface area contributed by atoms with E-state index in [0.29, 0.717) is 36.7 Å². The van der Waals surface area contributed by atoms with Crippen LogP contribution in [0.15, 0.2) is 36.7 Å². The summed E-state index contributed by atoms with van der Waals surface area (Å²) < 4.78 is 34.4. The summed E-state index contributed by atoms with van der Waals surface area (Å²) >= 11 is 1.23. The summed E-state index contributed by atoms with van der Waals surface area (Å²) in [6.07, 6.45) is 6.85. The van der Waals surface area contributed by atoms with Crippen LogP contribution in [0.5, 0.6) is 23.0 Å². The first-order valence-electron chi connectivity index (χ1n) is 15.9. The molecule has 0 spiro atoms. The molecule has 1 aromatic heterocycles. The number of anilines is 1. The second-order valence-electron chi connectivity index (χ2n) is 11.4. The van der Waals surface area contributed by atoms with E-state index in [1.165, 1.54) is 16.3 Å². The average molecular weight is 690 g/mol. The Bertz CT molecular complexity index is 1420. The molecule has 0 aliphatic rings. The Morgan fingerprint density at radius 3 is 2.06 bits per heavy atom.